The summed E-state index contributed by atoms with van der Waals surface area (Å²) in [5, 5.41) is 0.0351. The molecule has 0 aromatic heterocycles. The highest BCUT2D eigenvalue weighted by molar-refractivity contribution is 8.16. The molecule has 7 heteroatoms. The molecule has 0 bridgehead atoms. The SMILES string of the molecule is CCC1SC(=NS(=O)(=O)c2ccccc2)N(CC)C1=O. The molecule has 0 radical (unpaired) electrons. The summed E-state index contributed by atoms with van der Waals surface area (Å²) < 4.78 is 28.3. The summed E-state index contributed by atoms with van der Waals surface area (Å²) in [5.74, 6) is -0.0676. The van der Waals surface area contributed by atoms with Crippen LogP contribution in [0.2, 0.25) is 0 Å². The normalized spacial score (nSPS) is 21.7. The van der Waals surface area contributed by atoms with Crippen molar-refractivity contribution in [1.29, 1.82) is 0 Å². The summed E-state index contributed by atoms with van der Waals surface area (Å²) >= 11 is 1.22. The largest absolute Gasteiger partial charge is 0.290 e. The van der Waals surface area contributed by atoms with Crippen LogP contribution in [0.5, 0.6) is 0 Å². The van der Waals surface area contributed by atoms with E-state index in [4.69, 9.17) is 0 Å². The number of rotatable bonds is 4. The molecule has 1 aliphatic heterocycles. The topological polar surface area (TPSA) is 66.8 Å². The zero-order valence-corrected chi connectivity index (χ0v) is 12.9. The molecule has 1 saturated heterocycles. The highest BCUT2D eigenvalue weighted by atomic mass is 32.2. The van der Waals surface area contributed by atoms with Gasteiger partial charge in [-0.05, 0) is 25.5 Å². The molecule has 1 amide bonds. The molecule has 1 aromatic carbocycles. The van der Waals surface area contributed by atoms with Crippen LogP contribution < -0.4 is 0 Å². The first-order valence-electron chi connectivity index (χ1n) is 6.37. The van der Waals surface area contributed by atoms with Gasteiger partial charge in [-0.2, -0.15) is 8.42 Å². The molecule has 0 aliphatic carbocycles. The van der Waals surface area contributed by atoms with Crippen LogP contribution in [0, 0.1) is 0 Å². The average Bonchev–Trinajstić information content (AvgIpc) is 2.74. The summed E-state index contributed by atoms with van der Waals surface area (Å²) in [4.78, 5) is 13.6. The van der Waals surface area contributed by atoms with Crippen molar-refractivity contribution in [3.8, 4) is 0 Å². The molecule has 0 saturated carbocycles. The fourth-order valence-electron chi connectivity index (χ4n) is 1.88. The Morgan fingerprint density at radius 1 is 1.25 bits per heavy atom. The Kier molecular flexibility index (Phi) is 4.49. The molecule has 1 heterocycles. The van der Waals surface area contributed by atoms with Gasteiger partial charge >= 0.3 is 0 Å². The van der Waals surface area contributed by atoms with Crippen LogP contribution in [-0.2, 0) is 14.8 Å². The number of sulfonamides is 1. The molecule has 1 aliphatic rings. The fraction of sp³-hybridized carbons (Fsp3) is 0.385. The second-order valence-corrected chi connectivity index (χ2v) is 7.03. The van der Waals surface area contributed by atoms with E-state index in [9.17, 15) is 13.2 Å². The third-order valence-electron chi connectivity index (χ3n) is 2.95. The van der Waals surface area contributed by atoms with Crippen molar-refractivity contribution in [3.05, 3.63) is 30.3 Å². The van der Waals surface area contributed by atoms with Gasteiger partial charge in [-0.15, -0.1) is 4.40 Å². The van der Waals surface area contributed by atoms with E-state index in [0.29, 0.717) is 13.0 Å². The average molecular weight is 312 g/mol. The van der Waals surface area contributed by atoms with Crippen LogP contribution in [0.3, 0.4) is 0 Å². The molecule has 1 unspecified atom stereocenters. The van der Waals surface area contributed by atoms with Crippen LogP contribution >= 0.6 is 11.8 Å². The molecule has 2 rings (SSSR count). The number of nitrogens with zero attached hydrogens (tertiary/aromatic N) is 2. The lowest BCUT2D eigenvalue weighted by atomic mass is 10.3. The lowest BCUT2D eigenvalue weighted by Gasteiger charge is -2.12. The monoisotopic (exact) mass is 312 g/mol. The van der Waals surface area contributed by atoms with Crippen LogP contribution in [-0.4, -0.2) is 36.2 Å². The maximum Gasteiger partial charge on any atom is 0.284 e. The molecule has 5 nitrogen and oxygen atoms in total. The molecule has 1 aromatic rings. The highest BCUT2D eigenvalue weighted by Gasteiger charge is 2.37. The Labute approximate surface area is 123 Å². The standard InChI is InChI=1S/C13H16N2O3S2/c1-3-11-12(16)15(4-2)13(19-11)14-20(17,18)10-8-6-5-7-9-10/h5-9,11H,3-4H2,1-2H3. The number of hydrogen-bond acceptors (Lipinski definition) is 4. The molecule has 0 N–H and O–H groups in total. The minimum Gasteiger partial charge on any atom is -0.290 e. The molecular formula is C13H16N2O3S2. The summed E-state index contributed by atoms with van der Waals surface area (Å²) in [7, 11) is -3.77. The van der Waals surface area contributed by atoms with Gasteiger partial charge in [0.15, 0.2) is 5.17 Å². The minimum atomic E-state index is -3.77. The zero-order chi connectivity index (χ0) is 14.8. The van der Waals surface area contributed by atoms with Gasteiger partial charge in [-0.3, -0.25) is 9.69 Å². The van der Waals surface area contributed by atoms with E-state index in [1.165, 1.54) is 28.8 Å². The van der Waals surface area contributed by atoms with Gasteiger partial charge in [0.1, 0.15) is 0 Å². The van der Waals surface area contributed by atoms with Crippen molar-refractivity contribution < 1.29 is 13.2 Å². The van der Waals surface area contributed by atoms with E-state index < -0.39 is 10.0 Å². The maximum atomic E-state index is 12.2. The quantitative estimate of drug-likeness (QED) is 0.854. The molecule has 0 spiro atoms. The van der Waals surface area contributed by atoms with E-state index in [2.05, 4.69) is 4.40 Å². The number of thioether (sulfide) groups is 1. The van der Waals surface area contributed by atoms with E-state index in [1.54, 1.807) is 25.1 Å². The lowest BCUT2D eigenvalue weighted by molar-refractivity contribution is -0.126. The Balaban J connectivity index is 2.37. The highest BCUT2D eigenvalue weighted by Crippen LogP contribution is 2.30. The Bertz CT molecular complexity index is 626. The Morgan fingerprint density at radius 3 is 2.45 bits per heavy atom. The van der Waals surface area contributed by atoms with Crippen molar-refractivity contribution in [3.63, 3.8) is 0 Å². The number of carbonyl (C=O) groups is 1. The van der Waals surface area contributed by atoms with Crippen molar-refractivity contribution in [2.24, 2.45) is 4.40 Å². The third-order valence-corrected chi connectivity index (χ3v) is 5.69. The number of benzene rings is 1. The second-order valence-electron chi connectivity index (χ2n) is 4.26. The van der Waals surface area contributed by atoms with E-state index in [0.717, 1.165) is 0 Å². The first kappa shape index (κ1) is 15.1. The summed E-state index contributed by atoms with van der Waals surface area (Å²) in [6.45, 7) is 4.13. The van der Waals surface area contributed by atoms with E-state index in [-0.39, 0.29) is 21.2 Å². The molecule has 1 fully saturated rings. The molecule has 1 atom stereocenters. The van der Waals surface area contributed by atoms with Crippen LogP contribution in [0.4, 0.5) is 0 Å². The van der Waals surface area contributed by atoms with Crippen LogP contribution in [0.15, 0.2) is 39.6 Å². The Morgan fingerprint density at radius 2 is 1.90 bits per heavy atom. The van der Waals surface area contributed by atoms with Gasteiger partial charge in [-0.1, -0.05) is 36.9 Å². The van der Waals surface area contributed by atoms with Gasteiger partial charge in [-0.25, -0.2) is 0 Å². The van der Waals surface area contributed by atoms with Gasteiger partial charge in [0.25, 0.3) is 10.0 Å². The third kappa shape index (κ3) is 2.88. The van der Waals surface area contributed by atoms with Crippen molar-refractivity contribution >= 4 is 32.9 Å². The van der Waals surface area contributed by atoms with Gasteiger partial charge in [0, 0.05) is 6.54 Å². The van der Waals surface area contributed by atoms with Crippen LogP contribution in [0.1, 0.15) is 20.3 Å². The van der Waals surface area contributed by atoms with E-state index in [1.807, 2.05) is 6.92 Å². The van der Waals surface area contributed by atoms with Crippen molar-refractivity contribution in [2.45, 2.75) is 30.4 Å². The first-order valence-corrected chi connectivity index (χ1v) is 8.69. The molecule has 20 heavy (non-hydrogen) atoms. The van der Waals surface area contributed by atoms with Gasteiger partial charge in [0.2, 0.25) is 5.91 Å². The fourth-order valence-corrected chi connectivity index (χ4v) is 4.25. The summed E-state index contributed by atoms with van der Waals surface area (Å²) in [5.41, 5.74) is 0. The van der Waals surface area contributed by atoms with Crippen LogP contribution in [0.25, 0.3) is 0 Å². The van der Waals surface area contributed by atoms with E-state index >= 15 is 0 Å². The lowest BCUT2D eigenvalue weighted by Crippen LogP contribution is -2.32. The number of amidine groups is 1. The molecule has 108 valence electrons. The van der Waals surface area contributed by atoms with Crippen molar-refractivity contribution in [1.82, 2.24) is 4.90 Å². The van der Waals surface area contributed by atoms with Gasteiger partial charge in [0.05, 0.1) is 10.1 Å². The number of hydrogen-bond donors (Lipinski definition) is 0. The predicted octanol–water partition coefficient (Wildman–Crippen LogP) is 2.11. The van der Waals surface area contributed by atoms with Crippen molar-refractivity contribution in [2.75, 3.05) is 6.54 Å². The zero-order valence-electron chi connectivity index (χ0n) is 11.3. The minimum absolute atomic E-state index is 0.0676. The summed E-state index contributed by atoms with van der Waals surface area (Å²) in [6.07, 6.45) is 0.657. The first-order chi connectivity index (χ1) is 9.49. The second kappa shape index (κ2) is 5.97. The predicted molar refractivity (Wildman–Crippen MR) is 80.1 cm³/mol. The Hall–Kier alpha value is -1.34. The smallest absolute Gasteiger partial charge is 0.284 e. The number of amides is 1. The maximum absolute atomic E-state index is 12.2. The van der Waals surface area contributed by atoms with Gasteiger partial charge < -0.3 is 0 Å². The number of carbonyl (C=O) groups excluding carboxylic acids is 1. The molecular weight excluding hydrogens is 296 g/mol. The summed E-state index contributed by atoms with van der Waals surface area (Å²) in [6, 6.07) is 8.02.